The maximum absolute atomic E-state index is 12.5. The normalized spacial score (nSPS) is 31.5. The number of fused-ring (bicyclic) bond motifs is 1. The van der Waals surface area contributed by atoms with Gasteiger partial charge in [-0.05, 0) is 42.7 Å². The van der Waals surface area contributed by atoms with Crippen molar-refractivity contribution >= 4 is 5.91 Å². The molecule has 5 nitrogen and oxygen atoms in total. The van der Waals surface area contributed by atoms with E-state index in [-0.39, 0.29) is 0 Å². The molecule has 1 aromatic heterocycles. The molecule has 5 heteroatoms. The average Bonchev–Trinajstić information content (AvgIpc) is 3.29. The number of amides is 1. The van der Waals surface area contributed by atoms with Crippen molar-refractivity contribution in [2.75, 3.05) is 39.4 Å². The maximum atomic E-state index is 12.5. The van der Waals surface area contributed by atoms with Gasteiger partial charge in [-0.1, -0.05) is 0 Å². The van der Waals surface area contributed by atoms with Crippen molar-refractivity contribution in [2.45, 2.75) is 25.8 Å². The Morgan fingerprint density at radius 3 is 2.87 bits per heavy atom. The highest BCUT2D eigenvalue weighted by atomic mass is 16.5. The van der Waals surface area contributed by atoms with Gasteiger partial charge in [0.05, 0.1) is 26.0 Å². The van der Waals surface area contributed by atoms with Gasteiger partial charge < -0.3 is 14.1 Å². The second kappa shape index (κ2) is 6.65. The minimum Gasteiger partial charge on any atom is -0.468 e. The van der Waals surface area contributed by atoms with Crippen LogP contribution < -0.4 is 0 Å². The van der Waals surface area contributed by atoms with E-state index in [0.29, 0.717) is 30.1 Å². The van der Waals surface area contributed by atoms with Gasteiger partial charge in [-0.15, -0.1) is 0 Å². The zero-order valence-electron chi connectivity index (χ0n) is 13.7. The molecule has 1 amide bonds. The average molecular weight is 318 g/mol. The number of ether oxygens (including phenoxy) is 1. The first-order chi connectivity index (χ1) is 11.3. The molecule has 4 rings (SSSR count). The van der Waals surface area contributed by atoms with Crippen molar-refractivity contribution in [3.8, 4) is 0 Å². The molecule has 0 radical (unpaired) electrons. The fourth-order valence-corrected chi connectivity index (χ4v) is 4.48. The molecule has 0 bridgehead atoms. The maximum Gasteiger partial charge on any atom is 0.222 e. The highest BCUT2D eigenvalue weighted by Gasteiger charge is 2.42. The van der Waals surface area contributed by atoms with E-state index < -0.39 is 0 Å². The van der Waals surface area contributed by atoms with Gasteiger partial charge in [-0.2, -0.15) is 0 Å². The zero-order chi connectivity index (χ0) is 15.6. The number of nitrogens with zero attached hydrogens (tertiary/aromatic N) is 2. The van der Waals surface area contributed by atoms with Crippen LogP contribution >= 0.6 is 0 Å². The van der Waals surface area contributed by atoms with E-state index in [1.54, 1.807) is 6.26 Å². The zero-order valence-corrected chi connectivity index (χ0v) is 13.7. The number of hydrogen-bond acceptors (Lipinski definition) is 4. The van der Waals surface area contributed by atoms with Crippen molar-refractivity contribution in [1.29, 1.82) is 0 Å². The molecule has 0 spiro atoms. The summed E-state index contributed by atoms with van der Waals surface area (Å²) >= 11 is 0. The number of furan rings is 1. The molecule has 3 atom stereocenters. The Morgan fingerprint density at radius 2 is 2.09 bits per heavy atom. The van der Waals surface area contributed by atoms with Crippen LogP contribution in [-0.4, -0.2) is 55.1 Å². The van der Waals surface area contributed by atoms with Crippen molar-refractivity contribution in [2.24, 2.45) is 17.8 Å². The van der Waals surface area contributed by atoms with Crippen LogP contribution in [0.3, 0.4) is 0 Å². The Bertz CT molecular complexity index is 524. The van der Waals surface area contributed by atoms with Crippen LogP contribution in [0.2, 0.25) is 0 Å². The fourth-order valence-electron chi connectivity index (χ4n) is 4.48. The molecule has 0 N–H and O–H groups in total. The van der Waals surface area contributed by atoms with E-state index in [1.807, 2.05) is 17.0 Å². The van der Waals surface area contributed by atoms with Gasteiger partial charge in [0.25, 0.3) is 0 Å². The topological polar surface area (TPSA) is 45.9 Å². The van der Waals surface area contributed by atoms with Gasteiger partial charge in [-0.25, -0.2) is 0 Å². The van der Waals surface area contributed by atoms with Gasteiger partial charge in [0.15, 0.2) is 0 Å². The van der Waals surface area contributed by atoms with E-state index in [9.17, 15) is 4.79 Å². The summed E-state index contributed by atoms with van der Waals surface area (Å²) in [6.07, 6.45) is 4.72. The number of hydrogen-bond donors (Lipinski definition) is 0. The predicted octanol–water partition coefficient (Wildman–Crippen LogP) is 1.99. The molecule has 0 saturated carbocycles. The van der Waals surface area contributed by atoms with Crippen LogP contribution in [0, 0.1) is 17.8 Å². The molecule has 126 valence electrons. The molecular weight excluding hydrogens is 292 g/mol. The smallest absolute Gasteiger partial charge is 0.222 e. The van der Waals surface area contributed by atoms with Gasteiger partial charge in [0.2, 0.25) is 5.91 Å². The highest BCUT2D eigenvalue weighted by Crippen LogP contribution is 2.36. The second-order valence-electron chi connectivity index (χ2n) is 7.29. The summed E-state index contributed by atoms with van der Waals surface area (Å²) < 4.78 is 11.3. The molecule has 3 saturated heterocycles. The summed E-state index contributed by atoms with van der Waals surface area (Å²) in [5.41, 5.74) is 0. The molecule has 3 fully saturated rings. The van der Waals surface area contributed by atoms with Crippen LogP contribution in [0.15, 0.2) is 22.8 Å². The molecule has 4 heterocycles. The molecule has 23 heavy (non-hydrogen) atoms. The van der Waals surface area contributed by atoms with E-state index >= 15 is 0 Å². The lowest BCUT2D eigenvalue weighted by atomic mass is 9.81. The van der Waals surface area contributed by atoms with E-state index in [2.05, 4.69) is 4.90 Å². The first kappa shape index (κ1) is 15.2. The summed E-state index contributed by atoms with van der Waals surface area (Å²) in [4.78, 5) is 17.0. The van der Waals surface area contributed by atoms with Gasteiger partial charge in [0, 0.05) is 32.6 Å². The van der Waals surface area contributed by atoms with Crippen LogP contribution in [0.1, 0.15) is 25.0 Å². The molecule has 3 aliphatic heterocycles. The van der Waals surface area contributed by atoms with Crippen LogP contribution in [0.25, 0.3) is 0 Å². The Morgan fingerprint density at radius 1 is 1.22 bits per heavy atom. The molecule has 0 aliphatic carbocycles. The predicted molar refractivity (Wildman–Crippen MR) is 85.7 cm³/mol. The minimum absolute atomic E-state index is 0.334. The SMILES string of the molecule is O=C(C[C@@H]1COC[C@H]2CN(Cc3ccco3)C[C@@H]12)N1CCCC1. The summed E-state index contributed by atoms with van der Waals surface area (Å²) in [7, 11) is 0. The van der Waals surface area contributed by atoms with Crippen molar-refractivity contribution in [1.82, 2.24) is 9.80 Å². The Labute approximate surface area is 137 Å². The second-order valence-corrected chi connectivity index (χ2v) is 7.29. The molecule has 0 unspecified atom stereocenters. The van der Waals surface area contributed by atoms with E-state index in [0.717, 1.165) is 64.5 Å². The highest BCUT2D eigenvalue weighted by molar-refractivity contribution is 5.76. The summed E-state index contributed by atoms with van der Waals surface area (Å²) in [5.74, 6) is 2.89. The lowest BCUT2D eigenvalue weighted by Crippen LogP contribution is -2.39. The van der Waals surface area contributed by atoms with Crippen LogP contribution in [0.5, 0.6) is 0 Å². The van der Waals surface area contributed by atoms with Crippen molar-refractivity contribution in [3.05, 3.63) is 24.2 Å². The Kier molecular flexibility index (Phi) is 4.40. The Hall–Kier alpha value is -1.33. The first-order valence-corrected chi connectivity index (χ1v) is 8.90. The van der Waals surface area contributed by atoms with E-state index in [1.165, 1.54) is 0 Å². The molecule has 1 aromatic rings. The number of rotatable bonds is 4. The third-order valence-electron chi connectivity index (χ3n) is 5.69. The fraction of sp³-hybridized carbons (Fsp3) is 0.722. The largest absolute Gasteiger partial charge is 0.468 e. The lowest BCUT2D eigenvalue weighted by Gasteiger charge is -2.33. The summed E-state index contributed by atoms with van der Waals surface area (Å²) in [6.45, 7) is 6.47. The molecule has 0 aromatic carbocycles. The van der Waals surface area contributed by atoms with Crippen LogP contribution in [-0.2, 0) is 16.1 Å². The van der Waals surface area contributed by atoms with Gasteiger partial charge in [0.1, 0.15) is 5.76 Å². The number of carbonyl (C=O) groups is 1. The quantitative estimate of drug-likeness (QED) is 0.852. The van der Waals surface area contributed by atoms with Crippen LogP contribution in [0.4, 0.5) is 0 Å². The van der Waals surface area contributed by atoms with E-state index in [4.69, 9.17) is 9.15 Å². The first-order valence-electron chi connectivity index (χ1n) is 8.90. The van der Waals surface area contributed by atoms with Gasteiger partial charge in [-0.3, -0.25) is 9.69 Å². The van der Waals surface area contributed by atoms with Gasteiger partial charge >= 0.3 is 0 Å². The molecular formula is C18H26N2O3. The minimum atomic E-state index is 0.334. The molecule has 3 aliphatic rings. The third kappa shape index (κ3) is 3.31. The lowest BCUT2D eigenvalue weighted by molar-refractivity contribution is -0.133. The number of likely N-dealkylation sites (tertiary alicyclic amines) is 2. The summed E-state index contributed by atoms with van der Waals surface area (Å²) in [5, 5.41) is 0. The Balaban J connectivity index is 1.36. The van der Waals surface area contributed by atoms with Crippen molar-refractivity contribution in [3.63, 3.8) is 0 Å². The summed E-state index contributed by atoms with van der Waals surface area (Å²) in [6, 6.07) is 3.98. The van der Waals surface area contributed by atoms with Crippen molar-refractivity contribution < 1.29 is 13.9 Å². The third-order valence-corrected chi connectivity index (χ3v) is 5.69. The standard InChI is InChI=1S/C18H26N2O3/c21-18(20-5-1-2-6-20)8-14-12-22-13-15-9-19(11-17(14)15)10-16-4-3-7-23-16/h3-4,7,14-15,17H,1-2,5-6,8-13H2/t14-,15-,17+/m1/s1. The number of carbonyl (C=O) groups excluding carboxylic acids is 1. The monoisotopic (exact) mass is 318 g/mol.